The summed E-state index contributed by atoms with van der Waals surface area (Å²) in [6.45, 7) is 0.196. The molecule has 0 bridgehead atoms. The monoisotopic (exact) mass is 357 g/mol. The van der Waals surface area contributed by atoms with E-state index in [1.807, 2.05) is 30.3 Å². The Morgan fingerprint density at radius 2 is 1.62 bits per heavy atom. The average molecular weight is 357 g/mol. The van der Waals surface area contributed by atoms with Crippen molar-refractivity contribution in [3.8, 4) is 11.5 Å². The van der Waals surface area contributed by atoms with Gasteiger partial charge in [0.25, 0.3) is 5.91 Å². The van der Waals surface area contributed by atoms with Crippen LogP contribution in [0.4, 0.5) is 0 Å². The Hall–Kier alpha value is -3.02. The van der Waals surface area contributed by atoms with Gasteiger partial charge in [-0.3, -0.25) is 4.79 Å². The molecular weight excluding hydrogens is 334 g/mol. The van der Waals surface area contributed by atoms with Crippen molar-refractivity contribution in [2.24, 2.45) is 0 Å². The van der Waals surface area contributed by atoms with Gasteiger partial charge in [-0.05, 0) is 30.5 Å². The van der Waals surface area contributed by atoms with Gasteiger partial charge in [-0.25, -0.2) is 4.79 Å². The predicted molar refractivity (Wildman–Crippen MR) is 97.6 cm³/mol. The normalized spacial score (nSPS) is 10.1. The summed E-state index contributed by atoms with van der Waals surface area (Å²) in [6, 6.07) is 14.7. The van der Waals surface area contributed by atoms with Crippen LogP contribution < -0.4 is 14.8 Å². The molecule has 2 aromatic carbocycles. The zero-order chi connectivity index (χ0) is 18.8. The molecule has 138 valence electrons. The molecule has 0 heterocycles. The van der Waals surface area contributed by atoms with E-state index in [9.17, 15) is 9.59 Å². The number of rotatable bonds is 9. The van der Waals surface area contributed by atoms with Crippen LogP contribution in [0.2, 0.25) is 0 Å². The summed E-state index contributed by atoms with van der Waals surface area (Å²) in [4.78, 5) is 23.9. The highest BCUT2D eigenvalue weighted by molar-refractivity contribution is 5.92. The molecule has 0 saturated carbocycles. The van der Waals surface area contributed by atoms with Crippen molar-refractivity contribution in [3.05, 3.63) is 59.7 Å². The lowest BCUT2D eigenvalue weighted by molar-refractivity contribution is -0.124. The topological polar surface area (TPSA) is 73.9 Å². The summed E-state index contributed by atoms with van der Waals surface area (Å²) < 4.78 is 15.3. The average Bonchev–Trinajstić information content (AvgIpc) is 2.69. The summed E-state index contributed by atoms with van der Waals surface area (Å²) in [7, 11) is 2.99. The summed E-state index contributed by atoms with van der Waals surface area (Å²) in [5.74, 6) is 0.00577. The molecule has 6 heteroatoms. The minimum absolute atomic E-state index is 0.262. The van der Waals surface area contributed by atoms with Crippen LogP contribution in [-0.4, -0.2) is 39.2 Å². The largest absolute Gasteiger partial charge is 0.497 e. The van der Waals surface area contributed by atoms with Crippen LogP contribution in [0.1, 0.15) is 22.3 Å². The van der Waals surface area contributed by atoms with E-state index in [0.717, 1.165) is 12.8 Å². The second-order valence-electron chi connectivity index (χ2n) is 5.62. The van der Waals surface area contributed by atoms with E-state index in [-0.39, 0.29) is 18.1 Å². The first-order chi connectivity index (χ1) is 12.6. The molecule has 0 fully saturated rings. The summed E-state index contributed by atoms with van der Waals surface area (Å²) in [5, 5.41) is 2.74. The SMILES string of the molecule is COc1cc(OC)cc(C(=O)OCC(=O)NCCCc2ccccc2)c1. The lowest BCUT2D eigenvalue weighted by Crippen LogP contribution is -2.29. The fourth-order valence-electron chi connectivity index (χ4n) is 2.36. The van der Waals surface area contributed by atoms with Crippen molar-refractivity contribution >= 4 is 11.9 Å². The zero-order valence-electron chi connectivity index (χ0n) is 15.0. The van der Waals surface area contributed by atoms with Crippen molar-refractivity contribution in [1.29, 1.82) is 0 Å². The quantitative estimate of drug-likeness (QED) is 0.552. The first kappa shape index (κ1) is 19.3. The number of hydrogen-bond donors (Lipinski definition) is 1. The Morgan fingerprint density at radius 3 is 2.23 bits per heavy atom. The van der Waals surface area contributed by atoms with Crippen LogP contribution in [0, 0.1) is 0 Å². The van der Waals surface area contributed by atoms with E-state index in [1.165, 1.54) is 31.9 Å². The molecule has 0 aliphatic heterocycles. The summed E-state index contributed by atoms with van der Waals surface area (Å²) in [6.07, 6.45) is 1.70. The minimum Gasteiger partial charge on any atom is -0.497 e. The number of methoxy groups -OCH3 is 2. The van der Waals surface area contributed by atoms with Gasteiger partial charge in [-0.1, -0.05) is 30.3 Å². The van der Waals surface area contributed by atoms with Crippen molar-refractivity contribution in [3.63, 3.8) is 0 Å². The number of amides is 1. The van der Waals surface area contributed by atoms with Gasteiger partial charge in [0, 0.05) is 12.6 Å². The second-order valence-corrected chi connectivity index (χ2v) is 5.62. The first-order valence-electron chi connectivity index (χ1n) is 8.33. The number of ether oxygens (including phenoxy) is 3. The van der Waals surface area contributed by atoms with E-state index in [0.29, 0.717) is 18.0 Å². The molecule has 0 atom stereocenters. The second kappa shape index (κ2) is 10.1. The summed E-state index contributed by atoms with van der Waals surface area (Å²) >= 11 is 0. The molecular formula is C20H23NO5. The van der Waals surface area contributed by atoms with E-state index in [4.69, 9.17) is 14.2 Å². The number of benzene rings is 2. The molecule has 6 nitrogen and oxygen atoms in total. The molecule has 0 saturated heterocycles. The Bertz CT molecular complexity index is 708. The Balaban J connectivity index is 1.73. The van der Waals surface area contributed by atoms with Crippen LogP contribution in [0.15, 0.2) is 48.5 Å². The third-order valence-corrected chi connectivity index (χ3v) is 3.73. The highest BCUT2D eigenvalue weighted by Gasteiger charge is 2.13. The van der Waals surface area contributed by atoms with E-state index >= 15 is 0 Å². The molecule has 0 aromatic heterocycles. The van der Waals surface area contributed by atoms with Crippen LogP contribution >= 0.6 is 0 Å². The van der Waals surface area contributed by atoms with Crippen LogP contribution in [0.25, 0.3) is 0 Å². The highest BCUT2D eigenvalue weighted by Crippen LogP contribution is 2.22. The highest BCUT2D eigenvalue weighted by atomic mass is 16.5. The Labute approximate surface area is 153 Å². The number of carbonyl (C=O) groups excluding carboxylic acids is 2. The zero-order valence-corrected chi connectivity index (χ0v) is 15.0. The molecule has 0 radical (unpaired) electrons. The van der Waals surface area contributed by atoms with Crippen molar-refractivity contribution in [2.45, 2.75) is 12.8 Å². The maximum atomic E-state index is 12.1. The first-order valence-corrected chi connectivity index (χ1v) is 8.33. The fraction of sp³-hybridized carbons (Fsp3) is 0.300. The maximum absolute atomic E-state index is 12.1. The molecule has 26 heavy (non-hydrogen) atoms. The van der Waals surface area contributed by atoms with Crippen molar-refractivity contribution < 1.29 is 23.8 Å². The van der Waals surface area contributed by atoms with Crippen molar-refractivity contribution in [1.82, 2.24) is 5.32 Å². The lowest BCUT2D eigenvalue weighted by atomic mass is 10.1. The molecule has 2 aromatic rings. The smallest absolute Gasteiger partial charge is 0.338 e. The molecule has 0 spiro atoms. The van der Waals surface area contributed by atoms with Gasteiger partial charge >= 0.3 is 5.97 Å². The molecule has 1 N–H and O–H groups in total. The number of hydrogen-bond acceptors (Lipinski definition) is 5. The standard InChI is InChI=1S/C20H23NO5/c1-24-17-11-16(12-18(13-17)25-2)20(23)26-14-19(22)21-10-6-9-15-7-4-3-5-8-15/h3-5,7-8,11-13H,6,9-10,14H2,1-2H3,(H,21,22). The van der Waals surface area contributed by atoms with Gasteiger partial charge in [0.15, 0.2) is 6.61 Å². The van der Waals surface area contributed by atoms with Gasteiger partial charge in [-0.2, -0.15) is 0 Å². The van der Waals surface area contributed by atoms with Gasteiger partial charge in [0.1, 0.15) is 11.5 Å². The molecule has 0 unspecified atom stereocenters. The van der Waals surface area contributed by atoms with E-state index in [1.54, 1.807) is 6.07 Å². The van der Waals surface area contributed by atoms with Crippen LogP contribution in [-0.2, 0) is 16.0 Å². The Morgan fingerprint density at radius 1 is 0.962 bits per heavy atom. The number of carbonyl (C=O) groups is 2. The molecule has 0 aliphatic carbocycles. The van der Waals surface area contributed by atoms with Gasteiger partial charge in [-0.15, -0.1) is 0 Å². The third kappa shape index (κ3) is 6.12. The number of esters is 1. The van der Waals surface area contributed by atoms with Gasteiger partial charge < -0.3 is 19.5 Å². The minimum atomic E-state index is -0.610. The molecule has 0 aliphatic rings. The van der Waals surface area contributed by atoms with Crippen LogP contribution in [0.5, 0.6) is 11.5 Å². The third-order valence-electron chi connectivity index (χ3n) is 3.73. The molecule has 2 rings (SSSR count). The van der Waals surface area contributed by atoms with Gasteiger partial charge in [0.05, 0.1) is 19.8 Å². The maximum Gasteiger partial charge on any atom is 0.338 e. The van der Waals surface area contributed by atoms with Gasteiger partial charge in [0.2, 0.25) is 0 Å². The lowest BCUT2D eigenvalue weighted by Gasteiger charge is -2.09. The fourth-order valence-corrected chi connectivity index (χ4v) is 2.36. The Kier molecular flexibility index (Phi) is 7.49. The van der Waals surface area contributed by atoms with Crippen molar-refractivity contribution in [2.75, 3.05) is 27.4 Å². The number of aryl methyl sites for hydroxylation is 1. The predicted octanol–water partition coefficient (Wildman–Crippen LogP) is 2.61. The van der Waals surface area contributed by atoms with E-state index < -0.39 is 5.97 Å². The van der Waals surface area contributed by atoms with Crippen LogP contribution in [0.3, 0.4) is 0 Å². The number of nitrogens with one attached hydrogen (secondary N) is 1. The van der Waals surface area contributed by atoms with E-state index in [2.05, 4.69) is 5.32 Å². The molecule has 1 amide bonds. The summed E-state index contributed by atoms with van der Waals surface area (Å²) in [5.41, 5.74) is 1.48.